The highest BCUT2D eigenvalue weighted by Crippen LogP contribution is 2.33. The maximum atomic E-state index is 12.8. The molecule has 1 saturated heterocycles. The molecule has 1 fully saturated rings. The molecular weight excluding hydrogens is 511 g/mol. The Morgan fingerprint density at radius 2 is 1.58 bits per heavy atom. The molecule has 0 amide bonds. The van der Waals surface area contributed by atoms with E-state index in [1.54, 1.807) is 28.6 Å². The van der Waals surface area contributed by atoms with E-state index in [9.17, 15) is 8.42 Å². The second kappa shape index (κ2) is 6.76. The predicted octanol–water partition coefficient (Wildman–Crippen LogP) is 3.73. The van der Waals surface area contributed by atoms with Crippen molar-refractivity contribution in [1.29, 1.82) is 0 Å². The summed E-state index contributed by atoms with van der Waals surface area (Å²) in [6.07, 6.45) is 1.90. The molecular formula is C12H14ClI2NO2S. The molecule has 0 N–H and O–H groups in total. The highest BCUT2D eigenvalue weighted by molar-refractivity contribution is 14.1. The Morgan fingerprint density at radius 3 is 2.00 bits per heavy atom. The van der Waals surface area contributed by atoms with Gasteiger partial charge in [0.25, 0.3) is 0 Å². The molecule has 19 heavy (non-hydrogen) atoms. The first-order chi connectivity index (χ1) is 9.00. The van der Waals surface area contributed by atoms with Crippen molar-refractivity contribution >= 4 is 66.8 Å². The van der Waals surface area contributed by atoms with Gasteiger partial charge in [-0.2, -0.15) is 4.31 Å². The fraction of sp³-hybridized carbons (Fsp3) is 0.500. The summed E-state index contributed by atoms with van der Waals surface area (Å²) in [4.78, 5) is 0.337. The highest BCUT2D eigenvalue weighted by Gasteiger charge is 2.40. The molecule has 0 spiro atoms. The Morgan fingerprint density at radius 1 is 1.11 bits per heavy atom. The number of hydrogen-bond donors (Lipinski definition) is 0. The molecule has 1 aliphatic heterocycles. The molecule has 106 valence electrons. The first kappa shape index (κ1) is 16.3. The fourth-order valence-corrected chi connectivity index (χ4v) is 6.61. The topological polar surface area (TPSA) is 37.4 Å². The van der Waals surface area contributed by atoms with Gasteiger partial charge in [-0.05, 0) is 37.1 Å². The van der Waals surface area contributed by atoms with Gasteiger partial charge >= 0.3 is 0 Å². The standard InChI is InChI=1S/C12H14ClI2NO2S/c13-9-1-5-12(6-2-9)19(17,18)16-10(7-14)3-4-11(16)8-15/h1-2,5-6,10-11H,3-4,7-8H2/t10-,11-/m1/s1. The van der Waals surface area contributed by atoms with E-state index in [1.165, 1.54) is 0 Å². The van der Waals surface area contributed by atoms with E-state index < -0.39 is 10.0 Å². The van der Waals surface area contributed by atoms with Gasteiger partial charge in [0.05, 0.1) is 4.90 Å². The van der Waals surface area contributed by atoms with Crippen LogP contribution in [0.2, 0.25) is 5.02 Å². The molecule has 0 radical (unpaired) electrons. The Balaban J connectivity index is 2.39. The lowest BCUT2D eigenvalue weighted by Gasteiger charge is -2.27. The van der Waals surface area contributed by atoms with E-state index >= 15 is 0 Å². The molecule has 0 aromatic heterocycles. The van der Waals surface area contributed by atoms with E-state index in [4.69, 9.17) is 11.6 Å². The van der Waals surface area contributed by atoms with Crippen molar-refractivity contribution in [3.8, 4) is 0 Å². The van der Waals surface area contributed by atoms with Gasteiger partial charge in [0.2, 0.25) is 10.0 Å². The molecule has 0 unspecified atom stereocenters. The van der Waals surface area contributed by atoms with Crippen LogP contribution in [0.3, 0.4) is 0 Å². The molecule has 1 aliphatic rings. The molecule has 0 saturated carbocycles. The van der Waals surface area contributed by atoms with Crippen LogP contribution < -0.4 is 0 Å². The molecule has 2 rings (SSSR count). The fourth-order valence-electron chi connectivity index (χ4n) is 2.35. The van der Waals surface area contributed by atoms with E-state index in [-0.39, 0.29) is 12.1 Å². The van der Waals surface area contributed by atoms with Gasteiger partial charge in [0, 0.05) is 26.0 Å². The Kier molecular flexibility index (Phi) is 5.78. The van der Waals surface area contributed by atoms with Crippen molar-refractivity contribution in [3.63, 3.8) is 0 Å². The lowest BCUT2D eigenvalue weighted by atomic mass is 10.2. The second-order valence-corrected chi connectivity index (χ2v) is 8.52. The first-order valence-electron chi connectivity index (χ1n) is 5.91. The summed E-state index contributed by atoms with van der Waals surface area (Å²) in [5.74, 6) is 0. The van der Waals surface area contributed by atoms with Crippen molar-refractivity contribution in [2.75, 3.05) is 8.86 Å². The first-order valence-corrected chi connectivity index (χ1v) is 10.8. The number of halogens is 3. The van der Waals surface area contributed by atoms with Crippen LogP contribution in [0.5, 0.6) is 0 Å². The molecule has 1 aromatic rings. The van der Waals surface area contributed by atoms with Crippen molar-refractivity contribution in [3.05, 3.63) is 29.3 Å². The van der Waals surface area contributed by atoms with Crippen LogP contribution in [0.1, 0.15) is 12.8 Å². The van der Waals surface area contributed by atoms with Crippen LogP contribution >= 0.6 is 56.8 Å². The van der Waals surface area contributed by atoms with Gasteiger partial charge in [-0.25, -0.2) is 8.42 Å². The molecule has 0 bridgehead atoms. The van der Waals surface area contributed by atoms with Gasteiger partial charge in [-0.1, -0.05) is 56.8 Å². The summed E-state index contributed by atoms with van der Waals surface area (Å²) >= 11 is 10.4. The van der Waals surface area contributed by atoms with Crippen molar-refractivity contribution in [1.82, 2.24) is 4.31 Å². The largest absolute Gasteiger partial charge is 0.243 e. The third-order valence-corrected chi connectivity index (χ3v) is 7.60. The van der Waals surface area contributed by atoms with Gasteiger partial charge in [-0.3, -0.25) is 0 Å². The maximum absolute atomic E-state index is 12.8. The number of sulfonamides is 1. The zero-order valence-electron chi connectivity index (χ0n) is 10.1. The number of alkyl halides is 2. The average molecular weight is 526 g/mol. The minimum absolute atomic E-state index is 0.112. The van der Waals surface area contributed by atoms with Crippen LogP contribution in [-0.2, 0) is 10.0 Å². The quantitative estimate of drug-likeness (QED) is 0.444. The normalized spacial score (nSPS) is 24.8. The zero-order chi connectivity index (χ0) is 14.0. The monoisotopic (exact) mass is 525 g/mol. The summed E-state index contributed by atoms with van der Waals surface area (Å²) in [5.41, 5.74) is 0. The third kappa shape index (κ3) is 3.38. The minimum atomic E-state index is -3.41. The van der Waals surface area contributed by atoms with Crippen LogP contribution in [-0.4, -0.2) is 33.7 Å². The molecule has 2 atom stereocenters. The summed E-state index contributed by atoms with van der Waals surface area (Å²) in [6.45, 7) is 0. The summed E-state index contributed by atoms with van der Waals surface area (Å²) in [6, 6.07) is 6.65. The lowest BCUT2D eigenvalue weighted by molar-refractivity contribution is 0.361. The average Bonchev–Trinajstić information content (AvgIpc) is 2.82. The summed E-state index contributed by atoms with van der Waals surface area (Å²) in [7, 11) is -3.41. The van der Waals surface area contributed by atoms with Gasteiger partial charge in [0.1, 0.15) is 0 Å². The molecule has 1 aromatic carbocycles. The van der Waals surface area contributed by atoms with Crippen LogP contribution in [0.25, 0.3) is 0 Å². The summed E-state index contributed by atoms with van der Waals surface area (Å²) in [5, 5.41) is 0.552. The summed E-state index contributed by atoms with van der Waals surface area (Å²) < 4.78 is 28.9. The number of benzene rings is 1. The van der Waals surface area contributed by atoms with Gasteiger partial charge in [-0.15, -0.1) is 0 Å². The Labute approximate surface area is 146 Å². The zero-order valence-corrected chi connectivity index (χ0v) is 16.0. The molecule has 3 nitrogen and oxygen atoms in total. The SMILES string of the molecule is O=S(=O)(c1ccc(Cl)cc1)N1[C@@H](CI)CC[C@@H]1CI. The van der Waals surface area contributed by atoms with Crippen molar-refractivity contribution in [2.24, 2.45) is 0 Å². The Bertz CT molecular complexity index is 523. The smallest absolute Gasteiger partial charge is 0.207 e. The lowest BCUT2D eigenvalue weighted by Crippen LogP contribution is -2.42. The van der Waals surface area contributed by atoms with E-state index in [2.05, 4.69) is 45.2 Å². The predicted molar refractivity (Wildman–Crippen MR) is 95.1 cm³/mol. The second-order valence-electron chi connectivity index (χ2n) is 4.48. The number of rotatable bonds is 4. The maximum Gasteiger partial charge on any atom is 0.243 e. The van der Waals surface area contributed by atoms with E-state index in [1.807, 2.05) is 0 Å². The highest BCUT2D eigenvalue weighted by atomic mass is 127. The number of hydrogen-bond acceptors (Lipinski definition) is 2. The third-order valence-electron chi connectivity index (χ3n) is 3.30. The molecule has 0 aliphatic carbocycles. The van der Waals surface area contributed by atoms with Crippen LogP contribution in [0, 0.1) is 0 Å². The van der Waals surface area contributed by atoms with Crippen LogP contribution in [0.4, 0.5) is 0 Å². The Hall–Kier alpha value is 0.880. The molecule has 7 heteroatoms. The van der Waals surface area contributed by atoms with Gasteiger partial charge < -0.3 is 0 Å². The minimum Gasteiger partial charge on any atom is -0.207 e. The van der Waals surface area contributed by atoms with Gasteiger partial charge in [0.15, 0.2) is 0 Å². The van der Waals surface area contributed by atoms with Crippen molar-refractivity contribution < 1.29 is 8.42 Å². The van der Waals surface area contributed by atoms with Crippen LogP contribution in [0.15, 0.2) is 29.2 Å². The van der Waals surface area contributed by atoms with E-state index in [0.29, 0.717) is 9.92 Å². The van der Waals surface area contributed by atoms with Crippen molar-refractivity contribution in [2.45, 2.75) is 29.8 Å². The number of nitrogens with zero attached hydrogens (tertiary/aromatic N) is 1. The molecule has 1 heterocycles. The van der Waals surface area contributed by atoms with E-state index in [0.717, 1.165) is 21.7 Å².